The fourth-order valence-corrected chi connectivity index (χ4v) is 3.76. The van der Waals surface area contributed by atoms with E-state index in [1.807, 2.05) is 30.3 Å². The summed E-state index contributed by atoms with van der Waals surface area (Å²) in [6, 6.07) is 9.30. The lowest BCUT2D eigenvalue weighted by atomic mass is 10.0. The monoisotopic (exact) mass is 445 g/mol. The topological polar surface area (TPSA) is 136 Å². The Bertz CT molecular complexity index is 1040. The van der Waals surface area contributed by atoms with Crippen LogP contribution < -0.4 is 19.5 Å². The van der Waals surface area contributed by atoms with Crippen molar-refractivity contribution in [2.24, 2.45) is 5.92 Å². The lowest BCUT2D eigenvalue weighted by molar-refractivity contribution is 0.210. The molecule has 1 aromatic carbocycles. The third-order valence-electron chi connectivity index (χ3n) is 4.90. The van der Waals surface area contributed by atoms with Gasteiger partial charge in [0.1, 0.15) is 6.33 Å². The third-order valence-corrected chi connectivity index (χ3v) is 5.26. The van der Waals surface area contributed by atoms with E-state index in [0.29, 0.717) is 24.0 Å². The molecular weight excluding hydrogens is 422 g/mol. The Morgan fingerprint density at radius 2 is 2.06 bits per heavy atom. The second kappa shape index (κ2) is 9.81. The van der Waals surface area contributed by atoms with Gasteiger partial charge in [0.15, 0.2) is 11.5 Å². The van der Waals surface area contributed by atoms with Crippen molar-refractivity contribution in [1.29, 1.82) is 0 Å². The van der Waals surface area contributed by atoms with Crippen LogP contribution in [-0.4, -0.2) is 60.3 Å². The van der Waals surface area contributed by atoms with Crippen LogP contribution in [0.5, 0.6) is 11.8 Å². The molecule has 3 heterocycles. The summed E-state index contributed by atoms with van der Waals surface area (Å²) in [5.41, 5.74) is 1.07. The van der Waals surface area contributed by atoms with Crippen LogP contribution in [-0.2, 0) is 11.3 Å². The minimum atomic E-state index is -2.37. The summed E-state index contributed by atoms with van der Waals surface area (Å²) in [5, 5.41) is 11.6. The Kier molecular flexibility index (Phi) is 6.70. The minimum Gasteiger partial charge on any atom is -0.479 e. The molecule has 0 aliphatic carbocycles. The van der Waals surface area contributed by atoms with Gasteiger partial charge in [0.25, 0.3) is 11.3 Å². The maximum absolute atomic E-state index is 11.5. The fraction of sp³-hybridized carbons (Fsp3) is 0.368. The summed E-state index contributed by atoms with van der Waals surface area (Å²) in [6.07, 6.45) is 3.50. The van der Waals surface area contributed by atoms with E-state index in [9.17, 15) is 8.76 Å². The highest BCUT2D eigenvalue weighted by atomic mass is 32.2. The van der Waals surface area contributed by atoms with Crippen molar-refractivity contribution in [3.63, 3.8) is 0 Å². The van der Waals surface area contributed by atoms with Gasteiger partial charge in [-0.25, -0.2) is 8.93 Å². The molecule has 1 saturated heterocycles. The molecule has 2 aromatic heterocycles. The maximum Gasteiger partial charge on any atom is 0.261 e. The number of methoxy groups -OCH3 is 1. The zero-order valence-electron chi connectivity index (χ0n) is 16.9. The van der Waals surface area contributed by atoms with Crippen molar-refractivity contribution < 1.29 is 18.2 Å². The number of hydrogen-bond acceptors (Lipinski definition) is 8. The van der Waals surface area contributed by atoms with Crippen molar-refractivity contribution in [2.75, 3.05) is 31.5 Å². The maximum atomic E-state index is 11.5. The molecule has 3 aromatic rings. The molecular formula is C19H23N7O4S. The average Bonchev–Trinajstić information content (AvgIpc) is 3.21. The van der Waals surface area contributed by atoms with Gasteiger partial charge in [-0.15, -0.1) is 10.2 Å². The zero-order chi connectivity index (χ0) is 21.6. The van der Waals surface area contributed by atoms with Gasteiger partial charge in [-0.1, -0.05) is 30.3 Å². The number of anilines is 1. The van der Waals surface area contributed by atoms with E-state index in [1.54, 1.807) is 0 Å². The molecule has 31 heavy (non-hydrogen) atoms. The Morgan fingerprint density at radius 3 is 2.77 bits per heavy atom. The Hall–Kier alpha value is -3.09. The van der Waals surface area contributed by atoms with Crippen LogP contribution in [0.4, 0.5) is 5.95 Å². The van der Waals surface area contributed by atoms with Crippen LogP contribution in [0.1, 0.15) is 12.8 Å². The van der Waals surface area contributed by atoms with Crippen molar-refractivity contribution in [2.45, 2.75) is 12.8 Å². The van der Waals surface area contributed by atoms with E-state index >= 15 is 0 Å². The van der Waals surface area contributed by atoms with E-state index in [4.69, 9.17) is 9.47 Å². The number of benzene rings is 1. The van der Waals surface area contributed by atoms with E-state index < -0.39 is 11.3 Å². The highest BCUT2D eigenvalue weighted by Gasteiger charge is 2.26. The van der Waals surface area contributed by atoms with Crippen LogP contribution in [0, 0.1) is 5.92 Å². The molecule has 4 rings (SSSR count). The number of rotatable bonds is 8. The predicted molar refractivity (Wildman–Crippen MR) is 114 cm³/mol. The van der Waals surface area contributed by atoms with E-state index in [1.165, 1.54) is 18.0 Å². The molecule has 11 nitrogen and oxygen atoms in total. The molecule has 0 radical (unpaired) electrons. The first-order chi connectivity index (χ1) is 15.2. The lowest BCUT2D eigenvalue weighted by Crippen LogP contribution is -2.33. The Morgan fingerprint density at radius 1 is 1.26 bits per heavy atom. The summed E-state index contributed by atoms with van der Waals surface area (Å²) >= 11 is -2.37. The first-order valence-electron chi connectivity index (χ1n) is 9.78. The summed E-state index contributed by atoms with van der Waals surface area (Å²) in [5.74, 6) is 1.26. The van der Waals surface area contributed by atoms with Crippen LogP contribution in [0.15, 0.2) is 36.7 Å². The van der Waals surface area contributed by atoms with E-state index in [2.05, 4.69) is 30.2 Å². The number of hydrogen-bond donors (Lipinski definition) is 3. The van der Waals surface area contributed by atoms with Gasteiger partial charge in [0.05, 0.1) is 13.7 Å². The molecule has 0 saturated carbocycles. The highest BCUT2D eigenvalue weighted by molar-refractivity contribution is 7.80. The second-order valence-corrected chi connectivity index (χ2v) is 7.66. The highest BCUT2D eigenvalue weighted by Crippen LogP contribution is 2.35. The molecule has 164 valence electrons. The normalized spacial score (nSPS) is 17.2. The zero-order valence-corrected chi connectivity index (χ0v) is 17.7. The Labute approximate surface area is 181 Å². The number of ether oxygens (including phenoxy) is 2. The number of nitrogens with zero attached hydrogens (tertiary/aromatic N) is 5. The molecule has 2 unspecified atom stereocenters. The molecule has 1 aliphatic rings. The SMILES string of the molecule is COc1ncnc(OCC2CCCNC2)c1-n1c(NS(=O)O)nnc1-c1ccccc1. The van der Waals surface area contributed by atoms with Crippen LogP contribution in [0.25, 0.3) is 17.1 Å². The molecule has 0 bridgehead atoms. The minimum absolute atomic E-state index is 0.0250. The van der Waals surface area contributed by atoms with Crippen molar-refractivity contribution >= 4 is 17.2 Å². The molecule has 0 spiro atoms. The van der Waals surface area contributed by atoms with Gasteiger partial charge in [-0.2, -0.15) is 9.97 Å². The molecule has 12 heteroatoms. The third kappa shape index (κ3) is 4.81. The molecule has 0 amide bonds. The standard InChI is InChI=1S/C19H23N7O4S/c1-29-17-15(18(22-12-21-17)30-11-13-6-5-9-20-10-13)26-16(14-7-3-2-4-8-14)23-24-19(26)25-31(27)28/h2-4,7-8,12-13,20H,5-6,9-11H2,1H3,(H,24,25)(H,27,28). The second-order valence-electron chi connectivity index (χ2n) is 6.96. The van der Waals surface area contributed by atoms with Crippen molar-refractivity contribution in [3.8, 4) is 28.8 Å². The summed E-state index contributed by atoms with van der Waals surface area (Å²) in [6.45, 7) is 2.34. The average molecular weight is 446 g/mol. The van der Waals surface area contributed by atoms with Gasteiger partial charge >= 0.3 is 0 Å². The van der Waals surface area contributed by atoms with Crippen LogP contribution in [0.2, 0.25) is 0 Å². The van der Waals surface area contributed by atoms with Gasteiger partial charge in [-0.05, 0) is 19.4 Å². The summed E-state index contributed by atoms with van der Waals surface area (Å²) in [4.78, 5) is 8.50. The molecule has 3 N–H and O–H groups in total. The van der Waals surface area contributed by atoms with Crippen molar-refractivity contribution in [1.82, 2.24) is 30.0 Å². The quantitative estimate of drug-likeness (QED) is 0.442. The molecule has 2 atom stereocenters. The number of piperidine rings is 1. The van der Waals surface area contributed by atoms with Gasteiger partial charge in [0, 0.05) is 18.0 Å². The first kappa shape index (κ1) is 21.2. The lowest BCUT2D eigenvalue weighted by Gasteiger charge is -2.23. The van der Waals surface area contributed by atoms with E-state index in [-0.39, 0.29) is 17.7 Å². The largest absolute Gasteiger partial charge is 0.479 e. The van der Waals surface area contributed by atoms with Gasteiger partial charge < -0.3 is 14.8 Å². The van der Waals surface area contributed by atoms with E-state index in [0.717, 1.165) is 31.5 Å². The van der Waals surface area contributed by atoms with Gasteiger partial charge in [-0.3, -0.25) is 9.12 Å². The smallest absolute Gasteiger partial charge is 0.261 e. The fourth-order valence-electron chi connectivity index (χ4n) is 3.47. The molecule has 1 fully saturated rings. The van der Waals surface area contributed by atoms with Crippen LogP contribution >= 0.6 is 0 Å². The predicted octanol–water partition coefficient (Wildman–Crippen LogP) is 1.66. The summed E-state index contributed by atoms with van der Waals surface area (Å²) < 4.78 is 36.4. The summed E-state index contributed by atoms with van der Waals surface area (Å²) in [7, 11) is 1.48. The Balaban J connectivity index is 1.80. The number of nitrogens with one attached hydrogen (secondary N) is 2. The number of aromatic nitrogens is 5. The first-order valence-corrected chi connectivity index (χ1v) is 10.9. The van der Waals surface area contributed by atoms with Crippen molar-refractivity contribution in [3.05, 3.63) is 36.7 Å². The molecule has 1 aliphatic heterocycles. The van der Waals surface area contributed by atoms with Gasteiger partial charge in [0.2, 0.25) is 17.7 Å². The van der Waals surface area contributed by atoms with Crippen LogP contribution in [0.3, 0.4) is 0 Å².